The molecule has 0 unspecified atom stereocenters. The van der Waals surface area contributed by atoms with Crippen LogP contribution in [0.25, 0.3) is 0 Å². The molecule has 0 bridgehead atoms. The van der Waals surface area contributed by atoms with Gasteiger partial charge in [0.1, 0.15) is 0 Å². The van der Waals surface area contributed by atoms with Gasteiger partial charge in [-0.3, -0.25) is 4.79 Å². The van der Waals surface area contributed by atoms with E-state index in [0.717, 1.165) is 10.8 Å². The van der Waals surface area contributed by atoms with Gasteiger partial charge < -0.3 is 0 Å². The van der Waals surface area contributed by atoms with Gasteiger partial charge in [0.15, 0.2) is 0 Å². The van der Waals surface area contributed by atoms with Crippen LogP contribution in [0.2, 0.25) is 0 Å². The number of benzene rings is 1. The lowest BCUT2D eigenvalue weighted by molar-refractivity contribution is 0.499. The zero-order chi connectivity index (χ0) is 8.81. The molecule has 1 amide bonds. The van der Waals surface area contributed by atoms with Crippen molar-refractivity contribution in [2.75, 3.05) is 6.54 Å². The van der Waals surface area contributed by atoms with E-state index in [9.17, 15) is 4.79 Å². The van der Waals surface area contributed by atoms with Crippen molar-refractivity contribution >= 4 is 18.2 Å². The van der Waals surface area contributed by atoms with Gasteiger partial charge in [-0.1, -0.05) is 30.3 Å². The van der Waals surface area contributed by atoms with Gasteiger partial charge in [-0.15, -0.1) is 0 Å². The standard InChI is InChI=1S/C9H9ClNO/c10-11(8-12)7-6-9-4-2-1-3-5-9/h1-5H,6-7H2. The lowest BCUT2D eigenvalue weighted by Gasteiger charge is -2.04. The lowest BCUT2D eigenvalue weighted by atomic mass is 10.2. The summed E-state index contributed by atoms with van der Waals surface area (Å²) in [6.07, 6.45) is 2.35. The number of rotatable bonds is 4. The molecule has 1 rings (SSSR count). The minimum Gasteiger partial charge on any atom is -0.262 e. The molecule has 0 aliphatic heterocycles. The molecular weight excluding hydrogens is 174 g/mol. The third-order valence-electron chi connectivity index (χ3n) is 1.54. The largest absolute Gasteiger partial charge is 0.327 e. The average molecular weight is 183 g/mol. The first-order valence-electron chi connectivity index (χ1n) is 3.68. The van der Waals surface area contributed by atoms with Crippen molar-refractivity contribution in [3.05, 3.63) is 35.9 Å². The summed E-state index contributed by atoms with van der Waals surface area (Å²) in [6, 6.07) is 9.86. The molecule has 63 valence electrons. The summed E-state index contributed by atoms with van der Waals surface area (Å²) < 4.78 is 0.993. The predicted octanol–water partition coefficient (Wildman–Crippen LogP) is 1.75. The Labute approximate surface area is 76.9 Å². The molecule has 0 aromatic heterocycles. The summed E-state index contributed by atoms with van der Waals surface area (Å²) in [6.45, 7) is 0.495. The van der Waals surface area contributed by atoms with Crippen LogP contribution in [-0.2, 0) is 11.2 Å². The molecule has 0 atom stereocenters. The fraction of sp³-hybridized carbons (Fsp3) is 0.222. The molecule has 0 saturated heterocycles. The Morgan fingerprint density at radius 2 is 2.00 bits per heavy atom. The van der Waals surface area contributed by atoms with Crippen LogP contribution >= 0.6 is 11.8 Å². The van der Waals surface area contributed by atoms with Gasteiger partial charge in [0.25, 0.3) is 0 Å². The molecule has 1 aromatic rings. The first kappa shape index (κ1) is 9.07. The van der Waals surface area contributed by atoms with Crippen molar-refractivity contribution in [3.8, 4) is 0 Å². The molecule has 12 heavy (non-hydrogen) atoms. The highest BCUT2D eigenvalue weighted by atomic mass is 35.5. The van der Waals surface area contributed by atoms with Gasteiger partial charge in [-0.2, -0.15) is 0 Å². The minimum absolute atomic E-state index is 0.495. The topological polar surface area (TPSA) is 20.3 Å². The van der Waals surface area contributed by atoms with E-state index < -0.39 is 0 Å². The first-order chi connectivity index (χ1) is 5.83. The summed E-state index contributed by atoms with van der Waals surface area (Å²) >= 11 is 5.42. The van der Waals surface area contributed by atoms with Gasteiger partial charge in [0.2, 0.25) is 0 Å². The van der Waals surface area contributed by atoms with Gasteiger partial charge >= 0.3 is 6.41 Å². The van der Waals surface area contributed by atoms with Crippen LogP contribution in [0.1, 0.15) is 5.56 Å². The molecular formula is C9H9ClNO. The SMILES string of the molecule is O=[C]N(Cl)CCc1ccccc1. The van der Waals surface area contributed by atoms with E-state index in [1.54, 1.807) is 6.41 Å². The number of carbonyl (C=O) groups excluding carboxylic acids is 1. The fourth-order valence-electron chi connectivity index (χ4n) is 0.918. The highest BCUT2D eigenvalue weighted by Gasteiger charge is 1.97. The van der Waals surface area contributed by atoms with Crippen LogP contribution in [0.15, 0.2) is 30.3 Å². The Bertz CT molecular complexity index is 238. The van der Waals surface area contributed by atoms with E-state index in [1.807, 2.05) is 30.3 Å². The number of halogens is 1. The number of hydrogen-bond donors (Lipinski definition) is 0. The zero-order valence-electron chi connectivity index (χ0n) is 6.53. The summed E-state index contributed by atoms with van der Waals surface area (Å²) in [5, 5.41) is 0. The second-order valence-electron chi connectivity index (χ2n) is 2.41. The van der Waals surface area contributed by atoms with Crippen LogP contribution < -0.4 is 0 Å². The molecule has 0 spiro atoms. The Kier molecular flexibility index (Phi) is 3.61. The number of hydrogen-bond acceptors (Lipinski definition) is 1. The van der Waals surface area contributed by atoms with Gasteiger partial charge in [0, 0.05) is 18.3 Å². The number of amides is 1. The van der Waals surface area contributed by atoms with E-state index in [4.69, 9.17) is 11.8 Å². The molecule has 0 heterocycles. The van der Waals surface area contributed by atoms with Crippen LogP contribution in [0.3, 0.4) is 0 Å². The summed E-state index contributed by atoms with van der Waals surface area (Å²) in [5.41, 5.74) is 1.17. The van der Waals surface area contributed by atoms with Crippen LogP contribution in [0, 0.1) is 0 Å². The second-order valence-corrected chi connectivity index (χ2v) is 2.82. The molecule has 0 saturated carbocycles. The third-order valence-corrected chi connectivity index (χ3v) is 1.78. The smallest absolute Gasteiger partial charge is 0.262 e. The Morgan fingerprint density at radius 3 is 2.58 bits per heavy atom. The van der Waals surface area contributed by atoms with Crippen molar-refractivity contribution < 1.29 is 4.79 Å². The maximum Gasteiger partial charge on any atom is 0.327 e. The first-order valence-corrected chi connectivity index (χ1v) is 4.02. The predicted molar refractivity (Wildman–Crippen MR) is 48.4 cm³/mol. The van der Waals surface area contributed by atoms with Crippen molar-refractivity contribution in [2.45, 2.75) is 6.42 Å². The van der Waals surface area contributed by atoms with Gasteiger partial charge in [-0.25, -0.2) is 4.42 Å². The van der Waals surface area contributed by atoms with Crippen molar-refractivity contribution in [3.63, 3.8) is 0 Å². The Balaban J connectivity index is 2.38. The average Bonchev–Trinajstić information content (AvgIpc) is 2.16. The fourth-order valence-corrected chi connectivity index (χ4v) is 1.00. The van der Waals surface area contributed by atoms with Crippen LogP contribution in [0.4, 0.5) is 0 Å². The quantitative estimate of drug-likeness (QED) is 0.513. The maximum absolute atomic E-state index is 10.00. The van der Waals surface area contributed by atoms with Gasteiger partial charge in [-0.05, 0) is 12.0 Å². The molecule has 0 N–H and O–H groups in total. The van der Waals surface area contributed by atoms with Crippen LogP contribution in [0.5, 0.6) is 0 Å². The Morgan fingerprint density at radius 1 is 1.33 bits per heavy atom. The van der Waals surface area contributed by atoms with E-state index in [2.05, 4.69) is 0 Å². The highest BCUT2D eigenvalue weighted by Crippen LogP contribution is 2.01. The van der Waals surface area contributed by atoms with Crippen LogP contribution in [-0.4, -0.2) is 17.4 Å². The maximum atomic E-state index is 10.00. The number of nitrogens with zero attached hydrogens (tertiary/aromatic N) is 1. The van der Waals surface area contributed by atoms with Crippen molar-refractivity contribution in [1.82, 2.24) is 4.42 Å². The molecule has 1 radical (unpaired) electrons. The monoisotopic (exact) mass is 182 g/mol. The lowest BCUT2D eigenvalue weighted by Crippen LogP contribution is -2.12. The van der Waals surface area contributed by atoms with E-state index in [1.165, 1.54) is 5.56 Å². The minimum atomic E-state index is 0.495. The van der Waals surface area contributed by atoms with Gasteiger partial charge in [0.05, 0.1) is 0 Å². The highest BCUT2D eigenvalue weighted by molar-refractivity contribution is 6.18. The second kappa shape index (κ2) is 4.78. The molecule has 1 aromatic carbocycles. The molecule has 0 fully saturated rings. The summed E-state index contributed by atoms with van der Waals surface area (Å²) in [7, 11) is 0. The third kappa shape index (κ3) is 2.93. The summed E-state index contributed by atoms with van der Waals surface area (Å²) in [4.78, 5) is 10.00. The zero-order valence-corrected chi connectivity index (χ0v) is 7.29. The van der Waals surface area contributed by atoms with Crippen molar-refractivity contribution in [2.24, 2.45) is 0 Å². The summed E-state index contributed by atoms with van der Waals surface area (Å²) in [5.74, 6) is 0. The molecule has 3 heteroatoms. The Hall–Kier alpha value is -1.02. The van der Waals surface area contributed by atoms with E-state index in [-0.39, 0.29) is 0 Å². The van der Waals surface area contributed by atoms with Crippen molar-refractivity contribution in [1.29, 1.82) is 0 Å². The van der Waals surface area contributed by atoms with E-state index in [0.29, 0.717) is 6.54 Å². The molecule has 0 aliphatic carbocycles. The van der Waals surface area contributed by atoms with E-state index >= 15 is 0 Å². The molecule has 0 aliphatic rings. The molecule has 2 nitrogen and oxygen atoms in total. The normalized spacial score (nSPS) is 9.42.